The van der Waals surface area contributed by atoms with Crippen molar-refractivity contribution < 1.29 is 0 Å². The quantitative estimate of drug-likeness (QED) is 0.724. The van der Waals surface area contributed by atoms with Gasteiger partial charge in [-0.15, -0.1) is 0 Å². The Morgan fingerprint density at radius 2 is 1.74 bits per heavy atom. The summed E-state index contributed by atoms with van der Waals surface area (Å²) in [6.07, 6.45) is 0. The number of hydrogen-bond acceptors (Lipinski definition) is 2. The van der Waals surface area contributed by atoms with Gasteiger partial charge in [0.2, 0.25) is 0 Å². The highest BCUT2D eigenvalue weighted by atomic mass is 16.1. The van der Waals surface area contributed by atoms with Crippen molar-refractivity contribution in [1.29, 1.82) is 0 Å². The molecule has 0 atom stereocenters. The molecule has 96 valence electrons. The van der Waals surface area contributed by atoms with E-state index in [-0.39, 0.29) is 5.56 Å². The van der Waals surface area contributed by atoms with Crippen LogP contribution in [0.5, 0.6) is 0 Å². The first-order valence-corrected chi connectivity index (χ1v) is 6.24. The zero-order valence-electron chi connectivity index (χ0n) is 11.2. The summed E-state index contributed by atoms with van der Waals surface area (Å²) < 4.78 is 1.79. The number of H-pyrrole nitrogens is 1. The number of para-hydroxylation sites is 1. The normalized spacial score (nSPS) is 11.1. The number of nitrogens with one attached hydrogen (secondary N) is 1. The average molecular weight is 253 g/mol. The van der Waals surface area contributed by atoms with Gasteiger partial charge in [0.1, 0.15) is 5.65 Å². The van der Waals surface area contributed by atoms with E-state index in [9.17, 15) is 4.79 Å². The van der Waals surface area contributed by atoms with Crippen LogP contribution in [-0.2, 0) is 0 Å². The molecule has 0 unspecified atom stereocenters. The van der Waals surface area contributed by atoms with Crippen LogP contribution in [0.15, 0.2) is 35.1 Å². The van der Waals surface area contributed by atoms with Crippen molar-refractivity contribution in [3.8, 4) is 5.69 Å². The van der Waals surface area contributed by atoms with E-state index in [1.165, 1.54) is 0 Å². The summed E-state index contributed by atoms with van der Waals surface area (Å²) in [5, 5.41) is 5.58. The third kappa shape index (κ3) is 1.68. The average Bonchev–Trinajstić information content (AvgIpc) is 2.74. The Morgan fingerprint density at radius 1 is 1.05 bits per heavy atom. The minimum Gasteiger partial charge on any atom is -0.306 e. The summed E-state index contributed by atoms with van der Waals surface area (Å²) in [6.45, 7) is 5.77. The smallest absolute Gasteiger partial charge is 0.252 e. The molecule has 0 spiro atoms. The molecule has 1 aromatic carbocycles. The topological polar surface area (TPSA) is 50.7 Å². The van der Waals surface area contributed by atoms with Crippen LogP contribution in [0.3, 0.4) is 0 Å². The number of benzene rings is 1. The predicted octanol–water partition coefficient (Wildman–Crippen LogP) is 2.64. The second-order valence-corrected chi connectivity index (χ2v) is 4.76. The lowest BCUT2D eigenvalue weighted by Gasteiger charge is -2.04. The molecule has 0 amide bonds. The molecule has 0 fully saturated rings. The van der Waals surface area contributed by atoms with Crippen LogP contribution in [-0.4, -0.2) is 14.8 Å². The molecular weight excluding hydrogens is 238 g/mol. The van der Waals surface area contributed by atoms with Crippen LogP contribution in [0.4, 0.5) is 0 Å². The van der Waals surface area contributed by atoms with Gasteiger partial charge in [-0.05, 0) is 38.5 Å². The van der Waals surface area contributed by atoms with Gasteiger partial charge in [-0.25, -0.2) is 4.68 Å². The second-order valence-electron chi connectivity index (χ2n) is 4.76. The van der Waals surface area contributed by atoms with Gasteiger partial charge in [-0.2, -0.15) is 5.10 Å². The molecule has 1 N–H and O–H groups in total. The fraction of sp³-hybridized carbons (Fsp3) is 0.200. The van der Waals surface area contributed by atoms with E-state index in [0.29, 0.717) is 0 Å². The van der Waals surface area contributed by atoms with Crippen molar-refractivity contribution in [1.82, 2.24) is 14.8 Å². The predicted molar refractivity (Wildman–Crippen MR) is 75.9 cm³/mol. The van der Waals surface area contributed by atoms with Gasteiger partial charge in [0.25, 0.3) is 5.56 Å². The summed E-state index contributed by atoms with van der Waals surface area (Å²) in [7, 11) is 0. The first-order chi connectivity index (χ1) is 9.09. The van der Waals surface area contributed by atoms with E-state index >= 15 is 0 Å². The van der Waals surface area contributed by atoms with Crippen LogP contribution in [0.2, 0.25) is 0 Å². The summed E-state index contributed by atoms with van der Waals surface area (Å²) in [5.41, 5.74) is 4.33. The standard InChI is InChI=1S/C15H15N3O/c1-9-10(2)15(19)16-14-13(9)11(3)17-18(14)12-7-5-4-6-8-12/h4-8H,1-3H3,(H,16,19). The third-order valence-corrected chi connectivity index (χ3v) is 3.57. The monoisotopic (exact) mass is 253 g/mol. The lowest BCUT2D eigenvalue weighted by molar-refractivity contribution is 0.875. The molecule has 4 nitrogen and oxygen atoms in total. The molecule has 0 aliphatic rings. The molecule has 19 heavy (non-hydrogen) atoms. The lowest BCUT2D eigenvalue weighted by atomic mass is 10.1. The van der Waals surface area contributed by atoms with Gasteiger partial charge < -0.3 is 4.98 Å². The van der Waals surface area contributed by atoms with E-state index in [2.05, 4.69) is 10.1 Å². The molecule has 0 radical (unpaired) electrons. The maximum atomic E-state index is 11.9. The summed E-state index contributed by atoms with van der Waals surface area (Å²) in [4.78, 5) is 14.9. The summed E-state index contributed by atoms with van der Waals surface area (Å²) >= 11 is 0. The first-order valence-electron chi connectivity index (χ1n) is 6.24. The van der Waals surface area contributed by atoms with Gasteiger partial charge in [-0.3, -0.25) is 4.79 Å². The van der Waals surface area contributed by atoms with E-state index in [0.717, 1.165) is 33.5 Å². The highest BCUT2D eigenvalue weighted by Gasteiger charge is 2.14. The van der Waals surface area contributed by atoms with Crippen molar-refractivity contribution >= 4 is 11.0 Å². The molecule has 3 aromatic rings. The van der Waals surface area contributed by atoms with E-state index in [1.54, 1.807) is 4.68 Å². The number of fused-ring (bicyclic) bond motifs is 1. The maximum absolute atomic E-state index is 11.9. The minimum atomic E-state index is -0.0536. The highest BCUT2D eigenvalue weighted by Crippen LogP contribution is 2.23. The Labute approximate surface area is 110 Å². The molecular formula is C15H15N3O. The lowest BCUT2D eigenvalue weighted by Crippen LogP contribution is -2.12. The van der Waals surface area contributed by atoms with Crippen LogP contribution < -0.4 is 5.56 Å². The number of aromatic nitrogens is 3. The Balaban J connectivity index is 2.44. The number of rotatable bonds is 1. The fourth-order valence-electron chi connectivity index (χ4n) is 2.41. The molecule has 2 aromatic heterocycles. The van der Waals surface area contributed by atoms with E-state index in [1.807, 2.05) is 51.1 Å². The number of aryl methyl sites for hydroxylation is 2. The summed E-state index contributed by atoms with van der Waals surface area (Å²) in [6, 6.07) is 9.81. The maximum Gasteiger partial charge on any atom is 0.252 e. The molecule has 0 aliphatic carbocycles. The number of nitrogens with zero attached hydrogens (tertiary/aromatic N) is 2. The number of hydrogen-bond donors (Lipinski definition) is 1. The van der Waals surface area contributed by atoms with Gasteiger partial charge >= 0.3 is 0 Å². The highest BCUT2D eigenvalue weighted by molar-refractivity contribution is 5.84. The SMILES string of the molecule is Cc1c(C)c2c(C)nn(-c3ccccc3)c2[nH]c1=O. The third-order valence-electron chi connectivity index (χ3n) is 3.57. The van der Waals surface area contributed by atoms with Gasteiger partial charge in [0.15, 0.2) is 0 Å². The zero-order valence-corrected chi connectivity index (χ0v) is 11.2. The number of aromatic amines is 1. The van der Waals surface area contributed by atoms with Crippen molar-refractivity contribution in [3.05, 3.63) is 57.5 Å². The van der Waals surface area contributed by atoms with Crippen LogP contribution >= 0.6 is 0 Å². The van der Waals surface area contributed by atoms with Crippen LogP contribution in [0, 0.1) is 20.8 Å². The van der Waals surface area contributed by atoms with Crippen molar-refractivity contribution in [3.63, 3.8) is 0 Å². The Morgan fingerprint density at radius 3 is 2.42 bits per heavy atom. The van der Waals surface area contributed by atoms with Crippen LogP contribution in [0.25, 0.3) is 16.7 Å². The molecule has 0 aliphatic heterocycles. The van der Waals surface area contributed by atoms with E-state index < -0.39 is 0 Å². The van der Waals surface area contributed by atoms with Crippen LogP contribution in [0.1, 0.15) is 16.8 Å². The Kier molecular flexibility index (Phi) is 2.52. The molecule has 0 saturated carbocycles. The molecule has 4 heteroatoms. The second kappa shape index (κ2) is 4.09. The van der Waals surface area contributed by atoms with Crippen molar-refractivity contribution in [2.24, 2.45) is 0 Å². The van der Waals surface area contributed by atoms with Gasteiger partial charge in [-0.1, -0.05) is 18.2 Å². The zero-order chi connectivity index (χ0) is 13.6. The van der Waals surface area contributed by atoms with Gasteiger partial charge in [0, 0.05) is 10.9 Å². The molecule has 3 rings (SSSR count). The molecule has 0 bridgehead atoms. The first kappa shape index (κ1) is 11.7. The number of pyridine rings is 1. The largest absolute Gasteiger partial charge is 0.306 e. The molecule has 2 heterocycles. The van der Waals surface area contributed by atoms with Crippen molar-refractivity contribution in [2.75, 3.05) is 0 Å². The molecule has 0 saturated heterocycles. The summed E-state index contributed by atoms with van der Waals surface area (Å²) in [5.74, 6) is 0. The Bertz CT molecular complexity index is 813. The fourth-order valence-corrected chi connectivity index (χ4v) is 2.41. The van der Waals surface area contributed by atoms with Gasteiger partial charge in [0.05, 0.1) is 11.4 Å². The Hall–Kier alpha value is -2.36. The minimum absolute atomic E-state index is 0.0536. The van der Waals surface area contributed by atoms with Crippen molar-refractivity contribution in [2.45, 2.75) is 20.8 Å². The van der Waals surface area contributed by atoms with E-state index in [4.69, 9.17) is 0 Å².